The lowest BCUT2D eigenvalue weighted by Gasteiger charge is -2.38. The second-order valence-corrected chi connectivity index (χ2v) is 6.09. The summed E-state index contributed by atoms with van der Waals surface area (Å²) in [5.74, 6) is 0.937. The van der Waals surface area contributed by atoms with Gasteiger partial charge in [-0.15, -0.1) is 0 Å². The van der Waals surface area contributed by atoms with Gasteiger partial charge < -0.3 is 5.11 Å². The van der Waals surface area contributed by atoms with Gasteiger partial charge in [-0.25, -0.2) is 0 Å². The van der Waals surface area contributed by atoms with Crippen LogP contribution in [0.3, 0.4) is 0 Å². The minimum Gasteiger partial charge on any atom is -0.481 e. The number of fused-ring (bicyclic) bond motifs is 2. The van der Waals surface area contributed by atoms with Crippen LogP contribution < -0.4 is 0 Å². The lowest BCUT2D eigenvalue weighted by atomic mass is 9.66. The molecule has 0 heterocycles. The maximum absolute atomic E-state index is 11.2. The van der Waals surface area contributed by atoms with E-state index >= 15 is 0 Å². The molecule has 2 saturated carbocycles. The second kappa shape index (κ2) is 2.98. The van der Waals surface area contributed by atoms with E-state index in [9.17, 15) is 9.90 Å². The first kappa shape index (κ1) is 10.0. The number of carbonyl (C=O) groups is 1. The van der Waals surface area contributed by atoms with Crippen molar-refractivity contribution in [2.24, 2.45) is 29.1 Å². The number of carboxylic acid groups (broad SMARTS) is 1. The van der Waals surface area contributed by atoms with Gasteiger partial charge in [0, 0.05) is 0 Å². The van der Waals surface area contributed by atoms with Crippen LogP contribution in [0.2, 0.25) is 0 Å². The zero-order valence-corrected chi connectivity index (χ0v) is 9.29. The summed E-state index contributed by atoms with van der Waals surface area (Å²) < 4.78 is 0. The summed E-state index contributed by atoms with van der Waals surface area (Å²) in [6, 6.07) is 0. The number of carboxylic acids is 1. The molecule has 80 valence electrons. The summed E-state index contributed by atoms with van der Waals surface area (Å²) in [6.07, 6.45) is 3.57. The third-order valence-corrected chi connectivity index (χ3v) is 4.20. The molecule has 0 unspecified atom stereocenters. The Hall–Kier alpha value is -0.530. The molecule has 2 rings (SSSR count). The van der Waals surface area contributed by atoms with Gasteiger partial charge in [0.25, 0.3) is 0 Å². The fourth-order valence-electron chi connectivity index (χ4n) is 3.89. The van der Waals surface area contributed by atoms with Crippen LogP contribution >= 0.6 is 0 Å². The standard InChI is InChI=1S/C12H20O2/c1-12(2,3)10-8-5-4-7(6-8)9(10)11(13)14/h7-10H,4-6H2,1-3H3,(H,13,14)/t7-,8+,9-,10-/m0/s1. The van der Waals surface area contributed by atoms with E-state index in [4.69, 9.17) is 0 Å². The molecule has 2 bridgehead atoms. The van der Waals surface area contributed by atoms with Crippen LogP contribution in [0.5, 0.6) is 0 Å². The van der Waals surface area contributed by atoms with Crippen molar-refractivity contribution in [1.29, 1.82) is 0 Å². The second-order valence-electron chi connectivity index (χ2n) is 6.09. The number of aliphatic carboxylic acids is 1. The largest absolute Gasteiger partial charge is 0.481 e. The van der Waals surface area contributed by atoms with E-state index in [1.54, 1.807) is 0 Å². The topological polar surface area (TPSA) is 37.3 Å². The normalized spacial score (nSPS) is 41.6. The van der Waals surface area contributed by atoms with Crippen molar-refractivity contribution in [3.63, 3.8) is 0 Å². The highest BCUT2D eigenvalue weighted by molar-refractivity contribution is 5.71. The molecule has 2 fully saturated rings. The summed E-state index contributed by atoms with van der Waals surface area (Å²) in [7, 11) is 0. The summed E-state index contributed by atoms with van der Waals surface area (Å²) in [5.41, 5.74) is 0.156. The van der Waals surface area contributed by atoms with Gasteiger partial charge in [-0.1, -0.05) is 20.8 Å². The molecular weight excluding hydrogens is 176 g/mol. The van der Waals surface area contributed by atoms with Gasteiger partial charge in [0.2, 0.25) is 0 Å². The average molecular weight is 196 g/mol. The van der Waals surface area contributed by atoms with E-state index in [-0.39, 0.29) is 11.3 Å². The number of hydrogen-bond donors (Lipinski definition) is 1. The molecule has 0 aromatic heterocycles. The van der Waals surface area contributed by atoms with E-state index in [0.717, 1.165) is 6.42 Å². The Kier molecular flexibility index (Phi) is 2.13. The van der Waals surface area contributed by atoms with E-state index in [0.29, 0.717) is 17.8 Å². The van der Waals surface area contributed by atoms with Crippen LogP contribution in [0.15, 0.2) is 0 Å². The van der Waals surface area contributed by atoms with E-state index in [1.165, 1.54) is 12.8 Å². The third-order valence-electron chi connectivity index (χ3n) is 4.20. The SMILES string of the molecule is CC(C)(C)[C@H]1[C@@H]2CC[C@@H](C2)[C@@H]1C(=O)O. The van der Waals surface area contributed by atoms with Gasteiger partial charge in [0.1, 0.15) is 0 Å². The molecule has 2 nitrogen and oxygen atoms in total. The molecule has 1 N–H and O–H groups in total. The molecule has 0 aromatic rings. The lowest BCUT2D eigenvalue weighted by molar-refractivity contribution is -0.147. The predicted octanol–water partition coefficient (Wildman–Crippen LogP) is 2.78. The van der Waals surface area contributed by atoms with Crippen molar-refractivity contribution in [2.45, 2.75) is 40.0 Å². The molecule has 0 spiro atoms. The Labute approximate surface area is 85.7 Å². The van der Waals surface area contributed by atoms with Crippen molar-refractivity contribution < 1.29 is 9.90 Å². The fourth-order valence-corrected chi connectivity index (χ4v) is 3.89. The predicted molar refractivity (Wildman–Crippen MR) is 54.9 cm³/mol. The molecule has 0 aliphatic heterocycles. The fraction of sp³-hybridized carbons (Fsp3) is 0.917. The van der Waals surface area contributed by atoms with Crippen LogP contribution in [0.1, 0.15) is 40.0 Å². The van der Waals surface area contributed by atoms with Gasteiger partial charge in [-0.2, -0.15) is 0 Å². The summed E-state index contributed by atoms with van der Waals surface area (Å²) in [5, 5.41) is 9.27. The van der Waals surface area contributed by atoms with Crippen molar-refractivity contribution in [1.82, 2.24) is 0 Å². The first-order chi connectivity index (χ1) is 6.41. The van der Waals surface area contributed by atoms with Gasteiger partial charge in [0.05, 0.1) is 5.92 Å². The van der Waals surface area contributed by atoms with Crippen molar-refractivity contribution >= 4 is 5.97 Å². The third kappa shape index (κ3) is 1.35. The van der Waals surface area contributed by atoms with Crippen LogP contribution in [-0.2, 0) is 4.79 Å². The minimum atomic E-state index is -0.558. The monoisotopic (exact) mass is 196 g/mol. The molecule has 4 atom stereocenters. The molecule has 2 heteroatoms. The van der Waals surface area contributed by atoms with Gasteiger partial charge in [-0.3, -0.25) is 4.79 Å². The molecule has 0 saturated heterocycles. The molecular formula is C12H20O2. The van der Waals surface area contributed by atoms with E-state index in [2.05, 4.69) is 20.8 Å². The molecule has 2 aliphatic carbocycles. The Morgan fingerprint density at radius 3 is 2.21 bits per heavy atom. The Morgan fingerprint density at radius 1 is 1.21 bits per heavy atom. The Bertz CT molecular complexity index is 252. The van der Waals surface area contributed by atoms with E-state index < -0.39 is 5.97 Å². The zero-order chi connectivity index (χ0) is 10.5. The quantitative estimate of drug-likeness (QED) is 0.700. The highest BCUT2D eigenvalue weighted by Crippen LogP contribution is 2.57. The summed E-state index contributed by atoms with van der Waals surface area (Å²) in [4.78, 5) is 11.2. The van der Waals surface area contributed by atoms with Crippen LogP contribution in [0.4, 0.5) is 0 Å². The van der Waals surface area contributed by atoms with Crippen molar-refractivity contribution in [3.8, 4) is 0 Å². The smallest absolute Gasteiger partial charge is 0.307 e. The first-order valence-corrected chi connectivity index (χ1v) is 5.64. The van der Waals surface area contributed by atoms with Gasteiger partial charge in [-0.05, 0) is 42.4 Å². The van der Waals surface area contributed by atoms with E-state index in [1.807, 2.05) is 0 Å². The highest BCUT2D eigenvalue weighted by Gasteiger charge is 2.54. The summed E-state index contributed by atoms with van der Waals surface area (Å²) >= 11 is 0. The first-order valence-electron chi connectivity index (χ1n) is 5.64. The van der Waals surface area contributed by atoms with Crippen molar-refractivity contribution in [3.05, 3.63) is 0 Å². The minimum absolute atomic E-state index is 0.0613. The van der Waals surface area contributed by atoms with Gasteiger partial charge in [0.15, 0.2) is 0 Å². The van der Waals surface area contributed by atoms with Gasteiger partial charge >= 0.3 is 5.97 Å². The molecule has 0 amide bonds. The molecule has 0 aromatic carbocycles. The lowest BCUT2D eigenvalue weighted by Crippen LogP contribution is -2.37. The Balaban J connectivity index is 2.26. The van der Waals surface area contributed by atoms with Crippen LogP contribution in [0.25, 0.3) is 0 Å². The number of hydrogen-bond acceptors (Lipinski definition) is 1. The number of rotatable bonds is 1. The molecule has 14 heavy (non-hydrogen) atoms. The summed E-state index contributed by atoms with van der Waals surface area (Å²) in [6.45, 7) is 6.57. The van der Waals surface area contributed by atoms with Crippen molar-refractivity contribution in [2.75, 3.05) is 0 Å². The highest BCUT2D eigenvalue weighted by atomic mass is 16.4. The maximum atomic E-state index is 11.2. The van der Waals surface area contributed by atoms with Crippen LogP contribution in [0, 0.1) is 29.1 Å². The average Bonchev–Trinajstić information content (AvgIpc) is 2.58. The Morgan fingerprint density at radius 2 is 1.79 bits per heavy atom. The molecule has 0 radical (unpaired) electrons. The zero-order valence-electron chi connectivity index (χ0n) is 9.29. The van der Waals surface area contributed by atoms with Crippen LogP contribution in [-0.4, -0.2) is 11.1 Å². The maximum Gasteiger partial charge on any atom is 0.307 e. The molecule has 2 aliphatic rings.